The van der Waals surface area contributed by atoms with Crippen molar-refractivity contribution in [3.8, 4) is 0 Å². The topological polar surface area (TPSA) is 75.1 Å². The first-order chi connectivity index (χ1) is 9.04. The lowest BCUT2D eigenvalue weighted by molar-refractivity contribution is -0.111. The van der Waals surface area contributed by atoms with Crippen molar-refractivity contribution >= 4 is 17.7 Å². The molecule has 0 atom stereocenters. The van der Waals surface area contributed by atoms with Gasteiger partial charge in [0, 0.05) is 18.3 Å². The monoisotopic (exact) mass is 258 g/mol. The Kier molecular flexibility index (Phi) is 3.66. The molecule has 2 N–H and O–H groups in total. The van der Waals surface area contributed by atoms with E-state index in [4.69, 9.17) is 4.42 Å². The fourth-order valence-corrected chi connectivity index (χ4v) is 1.58. The third kappa shape index (κ3) is 3.45. The van der Waals surface area contributed by atoms with Crippen molar-refractivity contribution in [2.75, 3.05) is 5.32 Å². The second kappa shape index (κ2) is 5.39. The van der Waals surface area contributed by atoms with E-state index in [0.717, 1.165) is 5.76 Å². The molecule has 0 aliphatic rings. The summed E-state index contributed by atoms with van der Waals surface area (Å²) in [5, 5.41) is 2.68. The molecule has 2 rings (SSSR count). The molecule has 5 heteroatoms. The Hall–Kier alpha value is -2.56. The maximum atomic E-state index is 11.7. The number of carbonyl (C=O) groups is 1. The molecule has 0 aromatic carbocycles. The van der Waals surface area contributed by atoms with Gasteiger partial charge in [-0.3, -0.25) is 9.59 Å². The molecule has 5 nitrogen and oxygen atoms in total. The van der Waals surface area contributed by atoms with Gasteiger partial charge in [-0.05, 0) is 37.6 Å². The van der Waals surface area contributed by atoms with Crippen molar-refractivity contribution in [3.05, 3.63) is 57.9 Å². The van der Waals surface area contributed by atoms with Crippen molar-refractivity contribution in [3.63, 3.8) is 0 Å². The van der Waals surface area contributed by atoms with Gasteiger partial charge < -0.3 is 14.7 Å². The zero-order chi connectivity index (χ0) is 13.8. The van der Waals surface area contributed by atoms with Crippen molar-refractivity contribution in [2.45, 2.75) is 13.8 Å². The van der Waals surface area contributed by atoms with Crippen molar-refractivity contribution in [2.24, 2.45) is 0 Å². The van der Waals surface area contributed by atoms with E-state index in [-0.39, 0.29) is 11.5 Å². The zero-order valence-corrected chi connectivity index (χ0v) is 10.7. The maximum absolute atomic E-state index is 11.7. The van der Waals surface area contributed by atoms with Crippen LogP contribution in [0.4, 0.5) is 5.69 Å². The summed E-state index contributed by atoms with van der Waals surface area (Å²) >= 11 is 0. The first-order valence-electron chi connectivity index (χ1n) is 5.79. The van der Waals surface area contributed by atoms with Crippen LogP contribution in [0.1, 0.15) is 17.1 Å². The molecule has 0 spiro atoms. The second-order valence-electron chi connectivity index (χ2n) is 4.16. The third-order valence-corrected chi connectivity index (χ3v) is 2.55. The van der Waals surface area contributed by atoms with Crippen LogP contribution in [0.2, 0.25) is 0 Å². The highest BCUT2D eigenvalue weighted by atomic mass is 16.3. The van der Waals surface area contributed by atoms with Crippen LogP contribution in [0.3, 0.4) is 0 Å². The number of carbonyl (C=O) groups excluding carboxylic acids is 1. The van der Waals surface area contributed by atoms with Crippen LogP contribution in [0.5, 0.6) is 0 Å². The number of rotatable bonds is 3. The molecule has 0 fully saturated rings. The summed E-state index contributed by atoms with van der Waals surface area (Å²) < 4.78 is 5.31. The SMILES string of the molecule is Cc1ccc(/C=C/C(=O)Nc2c[nH]c(=O)cc2C)o1. The number of aromatic amines is 1. The Morgan fingerprint density at radius 1 is 1.37 bits per heavy atom. The number of pyridine rings is 1. The highest BCUT2D eigenvalue weighted by Crippen LogP contribution is 2.11. The smallest absolute Gasteiger partial charge is 0.248 e. The van der Waals surface area contributed by atoms with Gasteiger partial charge in [0.05, 0.1) is 5.69 Å². The Labute approximate surface area is 110 Å². The predicted molar refractivity (Wildman–Crippen MR) is 72.9 cm³/mol. The van der Waals surface area contributed by atoms with E-state index in [2.05, 4.69) is 10.3 Å². The van der Waals surface area contributed by atoms with Crippen LogP contribution >= 0.6 is 0 Å². The summed E-state index contributed by atoms with van der Waals surface area (Å²) in [6.45, 7) is 3.59. The standard InChI is InChI=1S/C14H14N2O3/c1-9-7-14(18)15-8-12(9)16-13(17)6-5-11-4-3-10(2)19-11/h3-8H,1-2H3,(H,15,18)(H,16,17)/b6-5+. The quantitative estimate of drug-likeness (QED) is 0.829. The molecule has 0 bridgehead atoms. The van der Waals surface area contributed by atoms with E-state index >= 15 is 0 Å². The van der Waals surface area contributed by atoms with E-state index in [1.807, 2.05) is 13.0 Å². The Morgan fingerprint density at radius 3 is 2.79 bits per heavy atom. The molecular weight excluding hydrogens is 244 g/mol. The Bertz CT molecular complexity index is 680. The number of nitrogens with one attached hydrogen (secondary N) is 2. The lowest BCUT2D eigenvalue weighted by atomic mass is 10.2. The summed E-state index contributed by atoms with van der Waals surface area (Å²) in [6.07, 6.45) is 4.44. The van der Waals surface area contributed by atoms with E-state index in [1.165, 1.54) is 18.3 Å². The van der Waals surface area contributed by atoms with Gasteiger partial charge in [-0.2, -0.15) is 0 Å². The second-order valence-corrected chi connectivity index (χ2v) is 4.16. The van der Waals surface area contributed by atoms with Gasteiger partial charge in [-0.25, -0.2) is 0 Å². The van der Waals surface area contributed by atoms with E-state index in [0.29, 0.717) is 17.0 Å². The first-order valence-corrected chi connectivity index (χ1v) is 5.79. The molecule has 2 aromatic heterocycles. The van der Waals surface area contributed by atoms with Gasteiger partial charge in [0.15, 0.2) is 0 Å². The number of amides is 1. The number of furan rings is 1. The lowest BCUT2D eigenvalue weighted by Gasteiger charge is -2.04. The van der Waals surface area contributed by atoms with Gasteiger partial charge in [-0.15, -0.1) is 0 Å². The number of hydrogen-bond donors (Lipinski definition) is 2. The minimum Gasteiger partial charge on any atom is -0.462 e. The van der Waals surface area contributed by atoms with E-state index < -0.39 is 0 Å². The normalized spacial score (nSPS) is 10.8. The van der Waals surface area contributed by atoms with Gasteiger partial charge in [0.2, 0.25) is 11.5 Å². The summed E-state index contributed by atoms with van der Waals surface area (Å²) in [5.41, 5.74) is 1.08. The van der Waals surface area contributed by atoms with Crippen LogP contribution < -0.4 is 10.9 Å². The molecule has 19 heavy (non-hydrogen) atoms. The molecule has 2 heterocycles. The first kappa shape index (κ1) is 12.9. The minimum atomic E-state index is -0.288. The number of hydrogen-bond acceptors (Lipinski definition) is 3. The van der Waals surface area contributed by atoms with Crippen molar-refractivity contribution < 1.29 is 9.21 Å². The fourth-order valence-electron chi connectivity index (χ4n) is 1.58. The van der Waals surface area contributed by atoms with Crippen molar-refractivity contribution in [1.29, 1.82) is 0 Å². The third-order valence-electron chi connectivity index (χ3n) is 2.55. The highest BCUT2D eigenvalue weighted by molar-refractivity contribution is 6.02. The average molecular weight is 258 g/mol. The van der Waals surface area contributed by atoms with Crippen LogP contribution in [0.15, 0.2) is 39.7 Å². The molecule has 0 aliphatic carbocycles. The molecular formula is C14H14N2O3. The predicted octanol–water partition coefficient (Wildman–Crippen LogP) is 2.24. The van der Waals surface area contributed by atoms with Gasteiger partial charge >= 0.3 is 0 Å². The van der Waals surface area contributed by atoms with Crippen molar-refractivity contribution in [1.82, 2.24) is 4.98 Å². The van der Waals surface area contributed by atoms with Gasteiger partial charge in [0.1, 0.15) is 11.5 Å². The number of aromatic nitrogens is 1. The molecule has 1 amide bonds. The van der Waals surface area contributed by atoms with Crippen LogP contribution in [-0.4, -0.2) is 10.9 Å². The molecule has 98 valence electrons. The maximum Gasteiger partial charge on any atom is 0.248 e. The van der Waals surface area contributed by atoms with Gasteiger partial charge in [-0.1, -0.05) is 0 Å². The molecule has 0 saturated carbocycles. The van der Waals surface area contributed by atoms with Crippen LogP contribution in [-0.2, 0) is 4.79 Å². The Morgan fingerprint density at radius 2 is 2.16 bits per heavy atom. The van der Waals surface area contributed by atoms with E-state index in [1.54, 1.807) is 19.1 Å². The fraction of sp³-hybridized carbons (Fsp3) is 0.143. The highest BCUT2D eigenvalue weighted by Gasteiger charge is 2.02. The minimum absolute atomic E-state index is 0.197. The molecule has 0 radical (unpaired) electrons. The van der Waals surface area contributed by atoms with Gasteiger partial charge in [0.25, 0.3) is 0 Å². The average Bonchev–Trinajstić information content (AvgIpc) is 2.76. The summed E-state index contributed by atoms with van der Waals surface area (Å²) in [4.78, 5) is 25.3. The molecule has 0 unspecified atom stereocenters. The molecule has 0 aliphatic heterocycles. The number of aryl methyl sites for hydroxylation is 2. The number of anilines is 1. The van der Waals surface area contributed by atoms with Crippen LogP contribution in [0.25, 0.3) is 6.08 Å². The van der Waals surface area contributed by atoms with Crippen LogP contribution in [0, 0.1) is 13.8 Å². The summed E-state index contributed by atoms with van der Waals surface area (Å²) in [7, 11) is 0. The largest absolute Gasteiger partial charge is 0.462 e. The number of H-pyrrole nitrogens is 1. The summed E-state index contributed by atoms with van der Waals surface area (Å²) in [5.74, 6) is 1.12. The molecule has 2 aromatic rings. The zero-order valence-electron chi connectivity index (χ0n) is 10.7. The Balaban J connectivity index is 2.05. The lowest BCUT2D eigenvalue weighted by Crippen LogP contribution is -2.12. The summed E-state index contributed by atoms with van der Waals surface area (Å²) in [6, 6.07) is 5.03. The molecule has 0 saturated heterocycles. The van der Waals surface area contributed by atoms with E-state index in [9.17, 15) is 9.59 Å².